The van der Waals surface area contributed by atoms with Crippen LogP contribution in [0.5, 0.6) is 0 Å². The molecule has 162 valence electrons. The zero-order valence-corrected chi connectivity index (χ0v) is 18.3. The van der Waals surface area contributed by atoms with E-state index in [1.807, 2.05) is 6.07 Å². The summed E-state index contributed by atoms with van der Waals surface area (Å²) in [5.41, 5.74) is 0.961. The van der Waals surface area contributed by atoms with E-state index in [4.69, 9.17) is 4.74 Å². The monoisotopic (exact) mass is 427 g/mol. The molecule has 0 aliphatic rings. The van der Waals surface area contributed by atoms with Crippen LogP contribution >= 0.6 is 0 Å². The van der Waals surface area contributed by atoms with Crippen LogP contribution < -0.4 is 4.90 Å². The summed E-state index contributed by atoms with van der Waals surface area (Å²) in [6.07, 6.45) is 2.23. The smallest absolute Gasteiger partial charge is 0.422 e. The quantitative estimate of drug-likeness (QED) is 0.361. The third kappa shape index (κ3) is 5.79. The molecule has 0 N–H and O–H groups in total. The highest BCUT2D eigenvalue weighted by molar-refractivity contribution is 6.20. The summed E-state index contributed by atoms with van der Waals surface area (Å²) >= 11 is 0. The van der Waals surface area contributed by atoms with Crippen molar-refractivity contribution in [2.75, 3.05) is 4.90 Å². The Kier molecular flexibility index (Phi) is 7.00. The second-order valence-corrected chi connectivity index (χ2v) is 8.11. The normalized spacial score (nSPS) is 11.2. The molecule has 32 heavy (non-hydrogen) atoms. The van der Waals surface area contributed by atoms with Crippen molar-refractivity contribution in [3.8, 4) is 0 Å². The van der Waals surface area contributed by atoms with Crippen LogP contribution in [0.1, 0.15) is 47.1 Å². The summed E-state index contributed by atoms with van der Waals surface area (Å²) < 4.78 is 5.52. The van der Waals surface area contributed by atoms with E-state index in [2.05, 4.69) is 0 Å². The molecule has 0 radical (unpaired) electrons. The summed E-state index contributed by atoms with van der Waals surface area (Å²) in [4.78, 5) is 39.9. The highest BCUT2D eigenvalue weighted by Crippen LogP contribution is 2.26. The number of rotatable bonds is 5. The fraction of sp³-hybridized carbons (Fsp3) is 0.148. The topological polar surface area (TPSA) is 63.7 Å². The van der Waals surface area contributed by atoms with Crippen LogP contribution in [0, 0.1) is 0 Å². The first-order valence-corrected chi connectivity index (χ1v) is 10.3. The number of imide groups is 1. The van der Waals surface area contributed by atoms with Gasteiger partial charge in [0.2, 0.25) is 0 Å². The minimum atomic E-state index is -0.791. The lowest BCUT2D eigenvalue weighted by Crippen LogP contribution is -2.41. The number of allylic oxidation sites excluding steroid dienone is 1. The molecule has 0 heterocycles. The highest BCUT2D eigenvalue weighted by atomic mass is 16.6. The predicted molar refractivity (Wildman–Crippen MR) is 126 cm³/mol. The van der Waals surface area contributed by atoms with Crippen LogP contribution in [0.2, 0.25) is 0 Å². The van der Waals surface area contributed by atoms with E-state index in [1.165, 1.54) is 6.08 Å². The molecular weight excluding hydrogens is 402 g/mol. The average Bonchev–Trinajstić information content (AvgIpc) is 2.78. The van der Waals surface area contributed by atoms with Crippen LogP contribution in [-0.4, -0.2) is 23.4 Å². The summed E-state index contributed by atoms with van der Waals surface area (Å²) in [5, 5.41) is 0. The maximum Gasteiger partial charge on any atom is 0.422 e. The van der Waals surface area contributed by atoms with Gasteiger partial charge < -0.3 is 4.74 Å². The maximum absolute atomic E-state index is 13.3. The van der Waals surface area contributed by atoms with Gasteiger partial charge in [0.05, 0.1) is 5.69 Å². The van der Waals surface area contributed by atoms with E-state index in [0.29, 0.717) is 22.4 Å². The lowest BCUT2D eigenvalue weighted by atomic mass is 10.1. The first-order chi connectivity index (χ1) is 15.3. The molecule has 0 atom stereocenters. The summed E-state index contributed by atoms with van der Waals surface area (Å²) in [7, 11) is 0. The molecule has 0 bridgehead atoms. The lowest BCUT2D eigenvalue weighted by molar-refractivity contribution is 0.0564. The molecule has 3 aromatic rings. The van der Waals surface area contributed by atoms with Crippen molar-refractivity contribution < 1.29 is 19.1 Å². The number of anilines is 1. The van der Waals surface area contributed by atoms with E-state index in [1.54, 1.807) is 106 Å². The second-order valence-electron chi connectivity index (χ2n) is 8.11. The molecule has 3 aromatic carbocycles. The van der Waals surface area contributed by atoms with E-state index in [-0.39, 0.29) is 5.78 Å². The number of hydrogen-bond donors (Lipinski definition) is 0. The van der Waals surface area contributed by atoms with Crippen molar-refractivity contribution in [3.63, 3.8) is 0 Å². The highest BCUT2D eigenvalue weighted by Gasteiger charge is 2.30. The van der Waals surface area contributed by atoms with Crippen molar-refractivity contribution in [3.05, 3.63) is 108 Å². The number of para-hydroxylation sites is 1. The van der Waals surface area contributed by atoms with Crippen molar-refractivity contribution in [1.29, 1.82) is 0 Å². The minimum Gasteiger partial charge on any atom is -0.443 e. The Balaban J connectivity index is 2.01. The van der Waals surface area contributed by atoms with Gasteiger partial charge in [0, 0.05) is 11.1 Å². The third-order valence-electron chi connectivity index (χ3n) is 4.45. The van der Waals surface area contributed by atoms with E-state index in [9.17, 15) is 14.4 Å². The third-order valence-corrected chi connectivity index (χ3v) is 4.45. The number of benzene rings is 3. The van der Waals surface area contributed by atoms with Gasteiger partial charge in [-0.2, -0.15) is 0 Å². The Bertz CT molecular complexity index is 1130. The Morgan fingerprint density at radius 3 is 1.88 bits per heavy atom. The number of carbonyl (C=O) groups excluding carboxylic acids is 3. The minimum absolute atomic E-state index is 0.182. The first kappa shape index (κ1) is 22.7. The molecule has 0 saturated heterocycles. The van der Waals surface area contributed by atoms with Gasteiger partial charge in [-0.25, -0.2) is 9.69 Å². The fourth-order valence-corrected chi connectivity index (χ4v) is 3.00. The lowest BCUT2D eigenvalue weighted by Gasteiger charge is -2.27. The van der Waals surface area contributed by atoms with Gasteiger partial charge in [-0.05, 0) is 56.7 Å². The first-order valence-electron chi connectivity index (χ1n) is 10.3. The summed E-state index contributed by atoms with van der Waals surface area (Å²) in [6.45, 7) is 5.21. The molecule has 0 aliphatic heterocycles. The van der Waals surface area contributed by atoms with Gasteiger partial charge in [-0.15, -0.1) is 0 Å². The number of carbonyl (C=O) groups is 3. The summed E-state index contributed by atoms with van der Waals surface area (Å²) in [5.74, 6) is -0.700. The zero-order chi connectivity index (χ0) is 23.1. The fourth-order valence-electron chi connectivity index (χ4n) is 3.00. The van der Waals surface area contributed by atoms with E-state index >= 15 is 0 Å². The van der Waals surface area contributed by atoms with E-state index in [0.717, 1.165) is 4.90 Å². The van der Waals surface area contributed by atoms with Gasteiger partial charge in [0.25, 0.3) is 5.91 Å². The molecule has 0 saturated carbocycles. The molecule has 0 unspecified atom stereocenters. The number of amides is 2. The molecule has 0 fully saturated rings. The SMILES string of the molecule is CC(C)(C)OC(=O)N(C(=O)c1ccccc1)c1ccccc1/C=C/C(=O)c1ccccc1. The Labute approximate surface area is 187 Å². The van der Waals surface area contributed by atoms with Crippen LogP contribution in [0.15, 0.2) is 91.0 Å². The molecule has 2 amide bonds. The van der Waals surface area contributed by atoms with E-state index < -0.39 is 17.6 Å². The van der Waals surface area contributed by atoms with Crippen LogP contribution in [-0.2, 0) is 4.74 Å². The predicted octanol–water partition coefficient (Wildman–Crippen LogP) is 6.16. The van der Waals surface area contributed by atoms with Crippen LogP contribution in [0.4, 0.5) is 10.5 Å². The molecule has 5 nitrogen and oxygen atoms in total. The molecule has 3 rings (SSSR count). The summed E-state index contributed by atoms with van der Waals surface area (Å²) in [6, 6.07) is 24.3. The van der Waals surface area contributed by atoms with Crippen molar-refractivity contribution in [2.24, 2.45) is 0 Å². The number of ketones is 1. The molecular formula is C27H25NO4. The largest absolute Gasteiger partial charge is 0.443 e. The zero-order valence-electron chi connectivity index (χ0n) is 18.3. The number of hydrogen-bond acceptors (Lipinski definition) is 4. The molecule has 0 aliphatic carbocycles. The Morgan fingerprint density at radius 1 is 0.750 bits per heavy atom. The van der Waals surface area contributed by atoms with Gasteiger partial charge in [-0.1, -0.05) is 66.7 Å². The Hall–Kier alpha value is -3.99. The average molecular weight is 428 g/mol. The second kappa shape index (κ2) is 9.88. The molecule has 0 aromatic heterocycles. The van der Waals surface area contributed by atoms with Gasteiger partial charge >= 0.3 is 6.09 Å². The van der Waals surface area contributed by atoms with Crippen LogP contribution in [0.25, 0.3) is 6.08 Å². The van der Waals surface area contributed by atoms with Crippen LogP contribution in [0.3, 0.4) is 0 Å². The Morgan fingerprint density at radius 2 is 1.28 bits per heavy atom. The van der Waals surface area contributed by atoms with Gasteiger partial charge in [-0.3, -0.25) is 9.59 Å². The number of ether oxygens (including phenoxy) is 1. The van der Waals surface area contributed by atoms with Crippen molar-refractivity contribution in [2.45, 2.75) is 26.4 Å². The van der Waals surface area contributed by atoms with Crippen molar-refractivity contribution >= 4 is 29.5 Å². The number of nitrogens with zero attached hydrogens (tertiary/aromatic N) is 1. The van der Waals surface area contributed by atoms with Gasteiger partial charge in [0.1, 0.15) is 5.60 Å². The molecule has 5 heteroatoms. The van der Waals surface area contributed by atoms with Crippen molar-refractivity contribution in [1.82, 2.24) is 0 Å². The standard InChI is InChI=1S/C27H25NO4/c1-27(2,3)32-26(31)28(25(30)22-15-8-5-9-16-22)23-17-11-10-12-20(23)18-19-24(29)21-13-6-4-7-14-21/h4-19H,1-3H3/b19-18+. The van der Waals surface area contributed by atoms with Gasteiger partial charge in [0.15, 0.2) is 5.78 Å². The maximum atomic E-state index is 13.3. The molecule has 0 spiro atoms.